The van der Waals surface area contributed by atoms with E-state index < -0.39 is 6.09 Å². The van der Waals surface area contributed by atoms with Crippen LogP contribution in [0.4, 0.5) is 10.5 Å². The van der Waals surface area contributed by atoms with Crippen molar-refractivity contribution in [1.29, 1.82) is 0 Å². The van der Waals surface area contributed by atoms with E-state index in [2.05, 4.69) is 10.4 Å². The molecule has 6 nitrogen and oxygen atoms in total. The first-order valence-corrected chi connectivity index (χ1v) is 3.43. The summed E-state index contributed by atoms with van der Waals surface area (Å²) in [6.07, 6.45) is 2.12. The van der Waals surface area contributed by atoms with E-state index in [1.54, 1.807) is 10.9 Å². The normalized spacial score (nSPS) is 9.67. The number of rotatable bonds is 3. The average molecular weight is 170 g/mol. The van der Waals surface area contributed by atoms with Crippen LogP contribution >= 0.6 is 0 Å². The van der Waals surface area contributed by atoms with Crippen molar-refractivity contribution in [3.05, 3.63) is 12.4 Å². The summed E-state index contributed by atoms with van der Waals surface area (Å²) >= 11 is 0. The number of carbonyl (C=O) groups is 1. The summed E-state index contributed by atoms with van der Waals surface area (Å²) in [7, 11) is 0. The van der Waals surface area contributed by atoms with Gasteiger partial charge >= 0.3 is 6.09 Å². The van der Waals surface area contributed by atoms with E-state index >= 15 is 0 Å². The lowest BCUT2D eigenvalue weighted by Gasteiger charge is -1.99. The van der Waals surface area contributed by atoms with Crippen LogP contribution in [0.2, 0.25) is 0 Å². The third-order valence-electron chi connectivity index (χ3n) is 1.27. The van der Waals surface area contributed by atoms with Gasteiger partial charge in [-0.15, -0.1) is 0 Å². The Kier molecular flexibility index (Phi) is 2.52. The fourth-order valence-corrected chi connectivity index (χ4v) is 0.779. The molecule has 0 saturated heterocycles. The monoisotopic (exact) mass is 170 g/mol. The van der Waals surface area contributed by atoms with Crippen LogP contribution in [0.15, 0.2) is 12.4 Å². The molecule has 1 amide bonds. The highest BCUT2D eigenvalue weighted by Gasteiger charge is 1.95. The Morgan fingerprint density at radius 2 is 2.58 bits per heavy atom. The van der Waals surface area contributed by atoms with Crippen LogP contribution in [-0.4, -0.2) is 27.5 Å². The maximum Gasteiger partial charge on any atom is 0.404 e. The molecule has 6 heteroatoms. The number of carboxylic acid groups (broad SMARTS) is 1. The van der Waals surface area contributed by atoms with Crippen LogP contribution in [0.25, 0.3) is 0 Å². The quantitative estimate of drug-likeness (QED) is 0.582. The van der Waals surface area contributed by atoms with E-state index in [9.17, 15) is 4.79 Å². The predicted molar refractivity (Wildman–Crippen MR) is 42.7 cm³/mol. The van der Waals surface area contributed by atoms with Gasteiger partial charge < -0.3 is 16.2 Å². The van der Waals surface area contributed by atoms with Crippen molar-refractivity contribution in [1.82, 2.24) is 15.1 Å². The Morgan fingerprint density at radius 3 is 3.08 bits per heavy atom. The standard InChI is InChI=1S/C6H10N4O2/c7-5-3-9-10(4-5)2-1-8-6(11)12/h3-4,8H,1-2,7H2,(H,11,12). The third kappa shape index (κ3) is 2.49. The molecule has 0 aliphatic rings. The SMILES string of the molecule is Nc1cnn(CCNC(=O)O)c1. The second kappa shape index (κ2) is 3.61. The van der Waals surface area contributed by atoms with Crippen molar-refractivity contribution in [2.24, 2.45) is 0 Å². The molecule has 4 N–H and O–H groups in total. The minimum Gasteiger partial charge on any atom is -0.465 e. The Morgan fingerprint density at radius 1 is 1.83 bits per heavy atom. The minimum absolute atomic E-state index is 0.330. The van der Waals surface area contributed by atoms with Gasteiger partial charge in [0, 0.05) is 12.7 Å². The lowest BCUT2D eigenvalue weighted by Crippen LogP contribution is -2.25. The molecule has 1 aromatic rings. The number of nitrogens with two attached hydrogens (primary N) is 1. The van der Waals surface area contributed by atoms with Gasteiger partial charge in [-0.1, -0.05) is 0 Å². The summed E-state index contributed by atoms with van der Waals surface area (Å²) < 4.78 is 1.57. The van der Waals surface area contributed by atoms with E-state index in [-0.39, 0.29) is 0 Å². The van der Waals surface area contributed by atoms with Gasteiger partial charge in [-0.2, -0.15) is 5.10 Å². The van der Waals surface area contributed by atoms with E-state index in [4.69, 9.17) is 10.8 Å². The second-order valence-corrected chi connectivity index (χ2v) is 2.27. The zero-order valence-corrected chi connectivity index (χ0v) is 6.40. The molecule has 66 valence electrons. The number of nitrogens with one attached hydrogen (secondary N) is 1. The number of amides is 1. The van der Waals surface area contributed by atoms with Crippen molar-refractivity contribution < 1.29 is 9.90 Å². The number of hydrogen-bond acceptors (Lipinski definition) is 3. The topological polar surface area (TPSA) is 93.2 Å². The van der Waals surface area contributed by atoms with Crippen molar-refractivity contribution in [2.75, 3.05) is 12.3 Å². The molecule has 0 spiro atoms. The van der Waals surface area contributed by atoms with Crippen molar-refractivity contribution in [2.45, 2.75) is 6.54 Å². The molecule has 0 unspecified atom stereocenters. The molecule has 0 radical (unpaired) electrons. The highest BCUT2D eigenvalue weighted by Crippen LogP contribution is 1.96. The van der Waals surface area contributed by atoms with Crippen LogP contribution in [0.5, 0.6) is 0 Å². The van der Waals surface area contributed by atoms with Gasteiger partial charge in [-0.25, -0.2) is 4.79 Å². The molecular weight excluding hydrogens is 160 g/mol. The van der Waals surface area contributed by atoms with E-state index in [1.807, 2.05) is 0 Å². The lowest BCUT2D eigenvalue weighted by molar-refractivity contribution is 0.194. The molecule has 0 bridgehead atoms. The van der Waals surface area contributed by atoms with Gasteiger partial charge in [0.15, 0.2) is 0 Å². The third-order valence-corrected chi connectivity index (χ3v) is 1.27. The zero-order chi connectivity index (χ0) is 8.97. The molecule has 0 fully saturated rings. The van der Waals surface area contributed by atoms with Gasteiger partial charge in [0.1, 0.15) is 0 Å². The van der Waals surface area contributed by atoms with Crippen molar-refractivity contribution >= 4 is 11.8 Å². The predicted octanol–water partition coefficient (Wildman–Crippen LogP) is -0.267. The van der Waals surface area contributed by atoms with Crippen molar-refractivity contribution in [3.63, 3.8) is 0 Å². The molecule has 0 aromatic carbocycles. The number of nitrogens with zero attached hydrogens (tertiary/aromatic N) is 2. The summed E-state index contributed by atoms with van der Waals surface area (Å²) in [6.45, 7) is 0.819. The van der Waals surface area contributed by atoms with Crippen LogP contribution in [0.1, 0.15) is 0 Å². The van der Waals surface area contributed by atoms with E-state index in [0.717, 1.165) is 0 Å². The summed E-state index contributed by atoms with van der Waals surface area (Å²) in [5.41, 5.74) is 5.96. The number of nitrogen functional groups attached to an aromatic ring is 1. The smallest absolute Gasteiger partial charge is 0.404 e. The summed E-state index contributed by atoms with van der Waals surface area (Å²) in [6, 6.07) is 0. The summed E-state index contributed by atoms with van der Waals surface area (Å²) in [4.78, 5) is 10.0. The fraction of sp³-hybridized carbons (Fsp3) is 0.333. The van der Waals surface area contributed by atoms with E-state index in [1.165, 1.54) is 6.20 Å². The highest BCUT2D eigenvalue weighted by molar-refractivity contribution is 5.64. The Balaban J connectivity index is 2.29. The first-order valence-electron chi connectivity index (χ1n) is 3.43. The molecule has 1 aromatic heterocycles. The molecule has 0 saturated carbocycles. The Hall–Kier alpha value is -1.72. The fourth-order valence-electron chi connectivity index (χ4n) is 0.779. The molecule has 1 rings (SSSR count). The van der Waals surface area contributed by atoms with Crippen molar-refractivity contribution in [3.8, 4) is 0 Å². The van der Waals surface area contributed by atoms with Crippen LogP contribution < -0.4 is 11.1 Å². The van der Waals surface area contributed by atoms with Gasteiger partial charge in [0.25, 0.3) is 0 Å². The average Bonchev–Trinajstić information content (AvgIpc) is 2.35. The Bertz CT molecular complexity index is 270. The van der Waals surface area contributed by atoms with Crippen LogP contribution in [-0.2, 0) is 6.54 Å². The van der Waals surface area contributed by atoms with Gasteiger partial charge in [0.2, 0.25) is 0 Å². The maximum atomic E-state index is 10.0. The van der Waals surface area contributed by atoms with Gasteiger partial charge in [0.05, 0.1) is 18.4 Å². The van der Waals surface area contributed by atoms with E-state index in [0.29, 0.717) is 18.8 Å². The maximum absolute atomic E-state index is 10.0. The minimum atomic E-state index is -1.03. The summed E-state index contributed by atoms with van der Waals surface area (Å²) in [5, 5.41) is 14.3. The number of aromatic nitrogens is 2. The lowest BCUT2D eigenvalue weighted by atomic mass is 10.6. The van der Waals surface area contributed by atoms with Crippen LogP contribution in [0, 0.1) is 0 Å². The second-order valence-electron chi connectivity index (χ2n) is 2.27. The first kappa shape index (κ1) is 8.38. The Labute approximate surface area is 69.0 Å². The molecular formula is C6H10N4O2. The largest absolute Gasteiger partial charge is 0.465 e. The molecule has 1 heterocycles. The van der Waals surface area contributed by atoms with Crippen LogP contribution in [0.3, 0.4) is 0 Å². The highest BCUT2D eigenvalue weighted by atomic mass is 16.4. The molecule has 0 aliphatic carbocycles. The molecule has 0 atom stereocenters. The summed E-state index contributed by atoms with van der Waals surface area (Å²) in [5.74, 6) is 0. The number of hydrogen-bond donors (Lipinski definition) is 3. The zero-order valence-electron chi connectivity index (χ0n) is 6.40. The van der Waals surface area contributed by atoms with Gasteiger partial charge in [-0.05, 0) is 0 Å². The van der Waals surface area contributed by atoms with Gasteiger partial charge in [-0.3, -0.25) is 4.68 Å². The number of anilines is 1. The first-order chi connectivity index (χ1) is 5.68. The molecule has 0 aliphatic heterocycles. The molecule has 12 heavy (non-hydrogen) atoms.